The van der Waals surface area contributed by atoms with Crippen molar-refractivity contribution in [3.63, 3.8) is 0 Å². The third-order valence-corrected chi connectivity index (χ3v) is 11.1. The Bertz CT molecular complexity index is 2320. The van der Waals surface area contributed by atoms with E-state index < -0.39 is 23.5 Å². The fourth-order valence-electron chi connectivity index (χ4n) is 7.63. The minimum atomic E-state index is -1.52. The molecule has 2 aliphatic rings. The maximum absolute atomic E-state index is 14.9. The molecule has 58 heavy (non-hydrogen) atoms. The van der Waals surface area contributed by atoms with Gasteiger partial charge in [0.1, 0.15) is 55.6 Å². The largest absolute Gasteiger partial charge is 0.491 e. The monoisotopic (exact) mass is 791 g/mol. The lowest BCUT2D eigenvalue weighted by atomic mass is 10.0. The highest BCUT2D eigenvalue weighted by Crippen LogP contribution is 2.38. The van der Waals surface area contributed by atoms with Gasteiger partial charge < -0.3 is 29.3 Å². The molecule has 2 aliphatic heterocycles. The molecule has 1 N–H and O–H groups in total. The van der Waals surface area contributed by atoms with Crippen LogP contribution in [0.15, 0.2) is 121 Å². The van der Waals surface area contributed by atoms with Crippen molar-refractivity contribution in [1.29, 1.82) is 0 Å². The van der Waals surface area contributed by atoms with Gasteiger partial charge in [-0.25, -0.2) is 32.5 Å². The fraction of sp³-hybridized carbons (Fsp3) is 0.349. The summed E-state index contributed by atoms with van der Waals surface area (Å²) in [6, 6.07) is 29.6. The summed E-state index contributed by atoms with van der Waals surface area (Å²) in [5, 5.41) is 12.2. The van der Waals surface area contributed by atoms with Crippen LogP contribution in [0.2, 0.25) is 0 Å². The molecular weight excluding hydrogens is 745 g/mol. The van der Waals surface area contributed by atoms with E-state index in [-0.39, 0.29) is 49.1 Å². The highest BCUT2D eigenvalue weighted by molar-refractivity contribution is 5.54. The van der Waals surface area contributed by atoms with Gasteiger partial charge in [-0.15, -0.1) is 0 Å². The number of nitrogens with zero attached hydrogens (tertiary/aromatic N) is 8. The molecule has 15 heteroatoms. The maximum Gasteiger partial charge on any atom is 0.350 e. The molecule has 2 aromatic heterocycles. The quantitative estimate of drug-likeness (QED) is 0.144. The molecule has 0 spiro atoms. The summed E-state index contributed by atoms with van der Waals surface area (Å²) >= 11 is 0. The summed E-state index contributed by atoms with van der Waals surface area (Å²) in [6.45, 7) is 9.90. The number of hydrogen-bond donors (Lipinski definition) is 1. The van der Waals surface area contributed by atoms with E-state index in [1.807, 2.05) is 61.5 Å². The highest BCUT2D eigenvalue weighted by Gasteiger charge is 2.46. The molecule has 2 saturated heterocycles. The first-order valence-electron chi connectivity index (χ1n) is 19.6. The van der Waals surface area contributed by atoms with Gasteiger partial charge in [-0.1, -0.05) is 30.3 Å². The summed E-state index contributed by atoms with van der Waals surface area (Å²) in [5.41, 5.74) is 4.05. The van der Waals surface area contributed by atoms with Crippen LogP contribution >= 0.6 is 0 Å². The van der Waals surface area contributed by atoms with Crippen LogP contribution in [0, 0.1) is 11.6 Å². The molecule has 4 aromatic carbocycles. The van der Waals surface area contributed by atoms with Gasteiger partial charge in [0.15, 0.2) is 0 Å². The van der Waals surface area contributed by atoms with Crippen molar-refractivity contribution in [2.75, 3.05) is 49.2 Å². The molecule has 0 amide bonds. The van der Waals surface area contributed by atoms with E-state index in [2.05, 4.69) is 68.4 Å². The Kier molecular flexibility index (Phi) is 11.4. The molecule has 2 fully saturated rings. The molecule has 4 heterocycles. The molecule has 302 valence electrons. The van der Waals surface area contributed by atoms with Gasteiger partial charge in [0.05, 0.1) is 18.3 Å². The molecule has 8 rings (SSSR count). The minimum Gasteiger partial charge on any atom is -0.491 e. The lowest BCUT2D eigenvalue weighted by Crippen LogP contribution is -2.46. The number of aromatic nitrogens is 6. The Morgan fingerprint density at radius 3 is 2.17 bits per heavy atom. The van der Waals surface area contributed by atoms with Crippen LogP contribution < -0.4 is 25.5 Å². The Morgan fingerprint density at radius 1 is 0.845 bits per heavy atom. The first-order valence-corrected chi connectivity index (χ1v) is 19.6. The smallest absolute Gasteiger partial charge is 0.350 e. The summed E-state index contributed by atoms with van der Waals surface area (Å²) in [6.07, 6.45) is 3.93. The van der Waals surface area contributed by atoms with Crippen molar-refractivity contribution in [2.24, 2.45) is 0 Å². The zero-order valence-electron chi connectivity index (χ0n) is 32.7. The number of piperazine rings is 1. The summed E-state index contributed by atoms with van der Waals surface area (Å²) in [7, 11) is 0. The first-order chi connectivity index (χ1) is 28.2. The Hall–Kier alpha value is -5.90. The van der Waals surface area contributed by atoms with Gasteiger partial charge in [0.2, 0.25) is 5.79 Å². The van der Waals surface area contributed by atoms with Crippen molar-refractivity contribution >= 4 is 11.4 Å². The van der Waals surface area contributed by atoms with E-state index in [1.165, 1.54) is 35.0 Å². The number of hydrogen-bond acceptors (Lipinski definition) is 10. The molecule has 13 nitrogen and oxygen atoms in total. The fourth-order valence-corrected chi connectivity index (χ4v) is 7.63. The zero-order valence-corrected chi connectivity index (χ0v) is 32.7. The minimum absolute atomic E-state index is 0.0141. The topological polar surface area (TPSA) is 117 Å². The summed E-state index contributed by atoms with van der Waals surface area (Å²) < 4.78 is 51.7. The summed E-state index contributed by atoms with van der Waals surface area (Å²) in [5.74, 6) is -2.32. The van der Waals surface area contributed by atoms with Crippen molar-refractivity contribution in [1.82, 2.24) is 34.4 Å². The zero-order chi connectivity index (χ0) is 40.2. The van der Waals surface area contributed by atoms with E-state index >= 15 is 0 Å². The number of nitrogens with one attached hydrogen (secondary N) is 1. The van der Waals surface area contributed by atoms with Crippen molar-refractivity contribution in [2.45, 2.75) is 57.3 Å². The molecule has 6 aromatic rings. The molecule has 5 atom stereocenters. The predicted octanol–water partition coefficient (Wildman–Crippen LogP) is 5.88. The third kappa shape index (κ3) is 8.37. The van der Waals surface area contributed by atoms with Crippen LogP contribution in [0.3, 0.4) is 0 Å². The van der Waals surface area contributed by atoms with Crippen molar-refractivity contribution in [3.05, 3.63) is 149 Å². The Balaban J connectivity index is 0.825. The normalized spacial score (nSPS) is 19.9. The standard InChI is InChI=1S/C43H47F2N9O4/c1-30(49-31(2)33-7-5-4-6-8-33)32(3)54-42(55)53(29-48-54)37-12-10-35(11-13-37)50-19-21-51(22-20-50)36-14-16-38(17-15-36)56-24-39-25-57-43(58-39,26-52-28-46-27-47-52)40-18-9-34(44)23-41(40)45/h4-18,23,27-32,39,49H,19-22,24-26H2,1-3H3/t30-,31?,32+,39+,43+/m0/s1. The molecule has 0 aliphatic carbocycles. The molecular formula is C43H47F2N9O4. The van der Waals surface area contributed by atoms with Gasteiger partial charge in [-0.3, -0.25) is 0 Å². The van der Waals surface area contributed by atoms with Gasteiger partial charge in [-0.2, -0.15) is 10.2 Å². The highest BCUT2D eigenvalue weighted by atomic mass is 19.1. The van der Waals surface area contributed by atoms with E-state index in [0.717, 1.165) is 49.3 Å². The van der Waals surface area contributed by atoms with Crippen molar-refractivity contribution < 1.29 is 23.0 Å². The van der Waals surface area contributed by atoms with Crippen LogP contribution in [0.1, 0.15) is 44.0 Å². The third-order valence-electron chi connectivity index (χ3n) is 11.1. The average Bonchev–Trinajstić information content (AvgIpc) is 4.01. The molecule has 0 bridgehead atoms. The number of rotatable bonds is 14. The van der Waals surface area contributed by atoms with Gasteiger partial charge in [0.25, 0.3) is 0 Å². The SMILES string of the molecule is CC(N[C@@H](C)[C@@H](C)n1ncn(-c2ccc(N3CCN(c4ccc(OC[C@@H]5CO[C@@](Cn6cncn6)(c6ccc(F)cc6F)O5)cc4)CC3)cc2)c1=O)c1ccccc1. The second kappa shape index (κ2) is 16.9. The van der Waals surface area contributed by atoms with Crippen LogP contribution in [0.5, 0.6) is 5.75 Å². The van der Waals surface area contributed by atoms with E-state index in [0.29, 0.717) is 5.75 Å². The van der Waals surface area contributed by atoms with E-state index in [4.69, 9.17) is 14.2 Å². The van der Waals surface area contributed by atoms with Crippen LogP contribution in [-0.2, 0) is 21.8 Å². The predicted molar refractivity (Wildman–Crippen MR) is 215 cm³/mol. The molecule has 1 unspecified atom stereocenters. The first kappa shape index (κ1) is 38.9. The van der Waals surface area contributed by atoms with Crippen LogP contribution in [-0.4, -0.2) is 80.7 Å². The lowest BCUT2D eigenvalue weighted by Gasteiger charge is -2.37. The number of halogens is 2. The van der Waals surface area contributed by atoms with Gasteiger partial charge in [-0.05, 0) is 87.0 Å². The summed E-state index contributed by atoms with van der Waals surface area (Å²) in [4.78, 5) is 22.1. The van der Waals surface area contributed by atoms with E-state index in [9.17, 15) is 13.6 Å². The Morgan fingerprint density at radius 2 is 1.52 bits per heavy atom. The number of anilines is 2. The van der Waals surface area contributed by atoms with Crippen LogP contribution in [0.25, 0.3) is 5.69 Å². The van der Waals surface area contributed by atoms with Crippen molar-refractivity contribution in [3.8, 4) is 11.4 Å². The van der Waals surface area contributed by atoms with Crippen LogP contribution in [0.4, 0.5) is 20.2 Å². The lowest BCUT2D eigenvalue weighted by molar-refractivity contribution is -0.192. The molecule has 0 saturated carbocycles. The second-order valence-electron chi connectivity index (χ2n) is 14.9. The number of benzene rings is 4. The average molecular weight is 792 g/mol. The second-order valence-corrected chi connectivity index (χ2v) is 14.9. The number of ether oxygens (including phenoxy) is 3. The van der Waals surface area contributed by atoms with E-state index in [1.54, 1.807) is 15.6 Å². The maximum atomic E-state index is 14.9. The molecule has 0 radical (unpaired) electrons. The Labute approximate surface area is 335 Å². The van der Waals surface area contributed by atoms with Gasteiger partial charge >= 0.3 is 5.69 Å². The van der Waals surface area contributed by atoms with Gasteiger partial charge in [0, 0.05) is 61.3 Å².